The van der Waals surface area contributed by atoms with Crippen LogP contribution in [0.5, 0.6) is 0 Å². The van der Waals surface area contributed by atoms with E-state index in [1.807, 2.05) is 25.1 Å². The van der Waals surface area contributed by atoms with E-state index in [2.05, 4.69) is 5.32 Å². The number of carbonyl (C=O) groups excluding carboxylic acids is 2. The molecule has 1 aliphatic heterocycles. The van der Waals surface area contributed by atoms with E-state index < -0.39 is 5.54 Å². The van der Waals surface area contributed by atoms with Crippen LogP contribution in [0, 0.1) is 0 Å². The van der Waals surface area contributed by atoms with Gasteiger partial charge in [-0.05, 0) is 32.0 Å². The molecule has 114 valence electrons. The van der Waals surface area contributed by atoms with Crippen LogP contribution in [0.4, 0.5) is 11.4 Å². The molecular formula is C15H22N4O2. The fourth-order valence-corrected chi connectivity index (χ4v) is 2.51. The van der Waals surface area contributed by atoms with E-state index in [1.54, 1.807) is 30.9 Å². The molecule has 0 radical (unpaired) electrons. The first-order chi connectivity index (χ1) is 9.75. The minimum absolute atomic E-state index is 0.139. The number of nitrogens with two attached hydrogens (primary N) is 1. The zero-order valence-corrected chi connectivity index (χ0v) is 12.9. The number of amides is 2. The Kier molecular flexibility index (Phi) is 3.80. The van der Waals surface area contributed by atoms with Crippen molar-refractivity contribution in [3.63, 3.8) is 0 Å². The van der Waals surface area contributed by atoms with E-state index in [4.69, 9.17) is 5.73 Å². The molecule has 0 aromatic heterocycles. The van der Waals surface area contributed by atoms with Crippen molar-refractivity contribution in [2.75, 3.05) is 37.8 Å². The van der Waals surface area contributed by atoms with Gasteiger partial charge in [0.05, 0.1) is 11.4 Å². The molecule has 2 amide bonds. The van der Waals surface area contributed by atoms with Gasteiger partial charge in [-0.3, -0.25) is 9.59 Å². The summed E-state index contributed by atoms with van der Waals surface area (Å²) < 4.78 is 0. The molecule has 21 heavy (non-hydrogen) atoms. The fourth-order valence-electron chi connectivity index (χ4n) is 2.51. The Hall–Kier alpha value is -2.24. The molecule has 6 heteroatoms. The summed E-state index contributed by atoms with van der Waals surface area (Å²) in [5.41, 5.74) is 7.05. The topological polar surface area (TPSA) is 78.7 Å². The number of nitrogens with zero attached hydrogens (tertiary/aromatic N) is 2. The van der Waals surface area contributed by atoms with Gasteiger partial charge in [0.1, 0.15) is 5.54 Å². The van der Waals surface area contributed by atoms with E-state index in [-0.39, 0.29) is 11.8 Å². The van der Waals surface area contributed by atoms with Crippen LogP contribution in [0.3, 0.4) is 0 Å². The number of benzene rings is 1. The van der Waals surface area contributed by atoms with Crippen LogP contribution in [-0.4, -0.2) is 49.4 Å². The lowest BCUT2D eigenvalue weighted by Crippen LogP contribution is -2.63. The molecule has 3 N–H and O–H groups in total. The van der Waals surface area contributed by atoms with Gasteiger partial charge in [-0.2, -0.15) is 0 Å². The SMILES string of the molecule is CN(C)c1ccc(C(=O)N2CCNC(=O)C2(C)C)cc1N. The molecule has 0 bridgehead atoms. The molecule has 1 saturated heterocycles. The average molecular weight is 290 g/mol. The number of anilines is 2. The number of hydrogen-bond donors (Lipinski definition) is 2. The highest BCUT2D eigenvalue weighted by atomic mass is 16.2. The zero-order chi connectivity index (χ0) is 15.8. The van der Waals surface area contributed by atoms with Crippen LogP contribution in [0.1, 0.15) is 24.2 Å². The molecule has 1 heterocycles. The third-order valence-electron chi connectivity index (χ3n) is 3.85. The summed E-state index contributed by atoms with van der Waals surface area (Å²) in [6.07, 6.45) is 0. The van der Waals surface area contributed by atoms with E-state index in [1.165, 1.54) is 0 Å². The predicted octanol–water partition coefficient (Wildman–Crippen LogP) is 0.685. The van der Waals surface area contributed by atoms with E-state index >= 15 is 0 Å². The summed E-state index contributed by atoms with van der Waals surface area (Å²) >= 11 is 0. The summed E-state index contributed by atoms with van der Waals surface area (Å²) in [5, 5.41) is 2.78. The molecule has 0 atom stereocenters. The monoisotopic (exact) mass is 290 g/mol. The normalized spacial score (nSPS) is 17.3. The Labute approximate surface area is 124 Å². The maximum Gasteiger partial charge on any atom is 0.254 e. The van der Waals surface area contributed by atoms with Gasteiger partial charge in [0, 0.05) is 32.7 Å². The van der Waals surface area contributed by atoms with Crippen molar-refractivity contribution in [2.45, 2.75) is 19.4 Å². The van der Waals surface area contributed by atoms with Gasteiger partial charge in [-0.25, -0.2) is 0 Å². The van der Waals surface area contributed by atoms with Crippen molar-refractivity contribution in [2.24, 2.45) is 0 Å². The third-order valence-corrected chi connectivity index (χ3v) is 3.85. The number of piperazine rings is 1. The standard InChI is InChI=1S/C15H22N4O2/c1-15(2)14(21)17-7-8-19(15)13(20)10-5-6-12(18(3)4)11(16)9-10/h5-6,9H,7-8,16H2,1-4H3,(H,17,21). The number of nitrogen functional groups attached to an aromatic ring is 1. The van der Waals surface area contributed by atoms with Gasteiger partial charge in [0.25, 0.3) is 5.91 Å². The molecule has 0 saturated carbocycles. The van der Waals surface area contributed by atoms with Crippen molar-refractivity contribution in [3.8, 4) is 0 Å². The lowest BCUT2D eigenvalue weighted by atomic mass is 9.97. The highest BCUT2D eigenvalue weighted by molar-refractivity contribution is 6.00. The Morgan fingerprint density at radius 2 is 2.05 bits per heavy atom. The van der Waals surface area contributed by atoms with Crippen LogP contribution in [0.25, 0.3) is 0 Å². The van der Waals surface area contributed by atoms with Crippen molar-refractivity contribution in [1.29, 1.82) is 0 Å². The number of hydrogen-bond acceptors (Lipinski definition) is 4. The number of nitrogens with one attached hydrogen (secondary N) is 1. The van der Waals surface area contributed by atoms with Gasteiger partial charge in [0.2, 0.25) is 5.91 Å². The summed E-state index contributed by atoms with van der Waals surface area (Å²) in [6, 6.07) is 5.23. The second kappa shape index (κ2) is 5.27. The van der Waals surface area contributed by atoms with Crippen molar-refractivity contribution in [3.05, 3.63) is 23.8 Å². The Balaban J connectivity index is 2.32. The van der Waals surface area contributed by atoms with Crippen molar-refractivity contribution < 1.29 is 9.59 Å². The molecule has 2 rings (SSSR count). The Bertz CT molecular complexity index is 581. The van der Waals surface area contributed by atoms with Gasteiger partial charge in [0.15, 0.2) is 0 Å². The summed E-state index contributed by atoms with van der Waals surface area (Å²) in [7, 11) is 3.79. The zero-order valence-electron chi connectivity index (χ0n) is 12.9. The van der Waals surface area contributed by atoms with Gasteiger partial charge < -0.3 is 20.9 Å². The second-order valence-corrected chi connectivity index (χ2v) is 5.94. The molecule has 0 spiro atoms. The smallest absolute Gasteiger partial charge is 0.254 e. The summed E-state index contributed by atoms with van der Waals surface area (Å²) in [5.74, 6) is -0.313. The maximum absolute atomic E-state index is 12.7. The Morgan fingerprint density at radius 1 is 1.38 bits per heavy atom. The molecular weight excluding hydrogens is 268 g/mol. The number of rotatable bonds is 2. The van der Waals surface area contributed by atoms with Gasteiger partial charge in [-0.15, -0.1) is 0 Å². The average Bonchev–Trinajstić information content (AvgIpc) is 2.40. The first kappa shape index (κ1) is 15.2. The minimum atomic E-state index is -0.857. The predicted molar refractivity (Wildman–Crippen MR) is 83.3 cm³/mol. The first-order valence-corrected chi connectivity index (χ1v) is 6.92. The van der Waals surface area contributed by atoms with Crippen LogP contribution in [-0.2, 0) is 4.79 Å². The van der Waals surface area contributed by atoms with Crippen molar-refractivity contribution >= 4 is 23.2 Å². The van der Waals surface area contributed by atoms with Crippen LogP contribution >= 0.6 is 0 Å². The first-order valence-electron chi connectivity index (χ1n) is 6.92. The van der Waals surface area contributed by atoms with Gasteiger partial charge >= 0.3 is 0 Å². The largest absolute Gasteiger partial charge is 0.397 e. The fraction of sp³-hybridized carbons (Fsp3) is 0.467. The molecule has 6 nitrogen and oxygen atoms in total. The quantitative estimate of drug-likeness (QED) is 0.785. The highest BCUT2D eigenvalue weighted by Crippen LogP contribution is 2.25. The molecule has 1 aliphatic rings. The van der Waals surface area contributed by atoms with E-state index in [0.717, 1.165) is 5.69 Å². The van der Waals surface area contributed by atoms with Crippen LogP contribution in [0.2, 0.25) is 0 Å². The summed E-state index contributed by atoms with van der Waals surface area (Å²) in [6.45, 7) is 4.46. The molecule has 0 aliphatic carbocycles. The van der Waals surface area contributed by atoms with Gasteiger partial charge in [-0.1, -0.05) is 0 Å². The molecule has 1 aromatic rings. The van der Waals surface area contributed by atoms with Crippen molar-refractivity contribution in [1.82, 2.24) is 10.2 Å². The Morgan fingerprint density at radius 3 is 2.62 bits per heavy atom. The molecule has 0 unspecified atom stereocenters. The highest BCUT2D eigenvalue weighted by Gasteiger charge is 2.40. The minimum Gasteiger partial charge on any atom is -0.397 e. The second-order valence-electron chi connectivity index (χ2n) is 5.94. The van der Waals surface area contributed by atoms with Crippen LogP contribution in [0.15, 0.2) is 18.2 Å². The summed E-state index contributed by atoms with van der Waals surface area (Å²) in [4.78, 5) is 28.1. The maximum atomic E-state index is 12.7. The molecule has 1 aromatic carbocycles. The third kappa shape index (κ3) is 2.66. The molecule has 1 fully saturated rings. The number of carbonyl (C=O) groups is 2. The van der Waals surface area contributed by atoms with E-state index in [9.17, 15) is 9.59 Å². The van der Waals surface area contributed by atoms with E-state index in [0.29, 0.717) is 24.3 Å². The lowest BCUT2D eigenvalue weighted by Gasteiger charge is -2.41. The lowest BCUT2D eigenvalue weighted by molar-refractivity contribution is -0.133. The van der Waals surface area contributed by atoms with Crippen LogP contribution < -0.4 is 16.0 Å².